The van der Waals surface area contributed by atoms with Gasteiger partial charge in [-0.2, -0.15) is 0 Å². The van der Waals surface area contributed by atoms with Crippen LogP contribution in [0.4, 0.5) is 0 Å². The molecule has 0 heterocycles. The van der Waals surface area contributed by atoms with Gasteiger partial charge in [-0.25, -0.2) is 8.42 Å². The molecular weight excluding hydrogens is 258 g/mol. The minimum atomic E-state index is -3.18. The second-order valence-electron chi connectivity index (χ2n) is 3.66. The van der Waals surface area contributed by atoms with Gasteiger partial charge in [0.2, 0.25) is 0 Å². The number of nitrogens with two attached hydrogens (primary N) is 1. The molecule has 17 heavy (non-hydrogen) atoms. The Bertz CT molecular complexity index is 494. The fourth-order valence-corrected chi connectivity index (χ4v) is 2.12. The number of hydrogen-bond donors (Lipinski definition) is 1. The van der Waals surface area contributed by atoms with E-state index in [-0.39, 0.29) is 11.0 Å². The summed E-state index contributed by atoms with van der Waals surface area (Å²) >= 11 is 4.86. The van der Waals surface area contributed by atoms with Gasteiger partial charge >= 0.3 is 0 Å². The van der Waals surface area contributed by atoms with Gasteiger partial charge in [0.05, 0.1) is 4.90 Å². The third kappa shape index (κ3) is 3.98. The molecule has 1 aromatic rings. The normalized spacial score (nSPS) is 13.1. The van der Waals surface area contributed by atoms with Gasteiger partial charge in [-0.3, -0.25) is 0 Å². The van der Waals surface area contributed by atoms with Crippen molar-refractivity contribution in [3.05, 3.63) is 24.3 Å². The zero-order chi connectivity index (χ0) is 13.1. The third-order valence-electron chi connectivity index (χ3n) is 2.22. The molecule has 1 aromatic carbocycles. The van der Waals surface area contributed by atoms with Crippen molar-refractivity contribution in [1.29, 1.82) is 0 Å². The van der Waals surface area contributed by atoms with Crippen molar-refractivity contribution in [1.82, 2.24) is 0 Å². The van der Waals surface area contributed by atoms with E-state index in [1.165, 1.54) is 12.1 Å². The largest absolute Gasteiger partial charge is 0.483 e. The molecule has 0 radical (unpaired) electrons. The van der Waals surface area contributed by atoms with Crippen molar-refractivity contribution in [2.24, 2.45) is 5.73 Å². The van der Waals surface area contributed by atoms with Crippen LogP contribution in [0.1, 0.15) is 13.3 Å². The quantitative estimate of drug-likeness (QED) is 0.824. The number of benzene rings is 1. The molecule has 0 aliphatic rings. The van der Waals surface area contributed by atoms with Crippen molar-refractivity contribution in [2.45, 2.75) is 24.3 Å². The molecule has 4 nitrogen and oxygen atoms in total. The van der Waals surface area contributed by atoms with E-state index < -0.39 is 9.84 Å². The van der Waals surface area contributed by atoms with Crippen molar-refractivity contribution in [3.63, 3.8) is 0 Å². The first kappa shape index (κ1) is 13.9. The van der Waals surface area contributed by atoms with Crippen LogP contribution in [0.5, 0.6) is 5.75 Å². The van der Waals surface area contributed by atoms with Crippen LogP contribution in [-0.4, -0.2) is 25.8 Å². The fourth-order valence-electron chi connectivity index (χ4n) is 1.27. The van der Waals surface area contributed by atoms with Gasteiger partial charge in [0.25, 0.3) is 0 Å². The van der Waals surface area contributed by atoms with Gasteiger partial charge in [0.1, 0.15) is 16.8 Å². The Morgan fingerprint density at radius 1 is 1.41 bits per heavy atom. The summed E-state index contributed by atoms with van der Waals surface area (Å²) in [5.41, 5.74) is 5.50. The van der Waals surface area contributed by atoms with Crippen molar-refractivity contribution >= 4 is 27.0 Å². The average molecular weight is 273 g/mol. The van der Waals surface area contributed by atoms with Crippen molar-refractivity contribution in [2.75, 3.05) is 6.26 Å². The highest BCUT2D eigenvalue weighted by Crippen LogP contribution is 2.17. The maximum atomic E-state index is 11.2. The molecule has 0 aromatic heterocycles. The van der Waals surface area contributed by atoms with Crippen molar-refractivity contribution in [3.8, 4) is 5.75 Å². The molecule has 2 N–H and O–H groups in total. The number of rotatable bonds is 5. The van der Waals surface area contributed by atoms with E-state index in [1.54, 1.807) is 12.1 Å². The lowest BCUT2D eigenvalue weighted by Gasteiger charge is -2.16. The van der Waals surface area contributed by atoms with Crippen molar-refractivity contribution < 1.29 is 13.2 Å². The molecule has 0 saturated heterocycles. The molecule has 0 saturated carbocycles. The maximum Gasteiger partial charge on any atom is 0.175 e. The summed E-state index contributed by atoms with van der Waals surface area (Å²) < 4.78 is 28.0. The topological polar surface area (TPSA) is 69.4 Å². The van der Waals surface area contributed by atoms with Crippen LogP contribution in [0.3, 0.4) is 0 Å². The van der Waals surface area contributed by atoms with Gasteiger partial charge in [-0.1, -0.05) is 19.1 Å². The van der Waals surface area contributed by atoms with Crippen LogP contribution in [0.2, 0.25) is 0 Å². The Labute approximate surface area is 107 Å². The predicted molar refractivity (Wildman–Crippen MR) is 71.0 cm³/mol. The first-order chi connectivity index (χ1) is 7.84. The lowest BCUT2D eigenvalue weighted by molar-refractivity contribution is 0.264. The Balaban J connectivity index is 2.85. The molecule has 0 amide bonds. The zero-order valence-corrected chi connectivity index (χ0v) is 11.3. The second-order valence-corrected chi connectivity index (χ2v) is 6.15. The van der Waals surface area contributed by atoms with Gasteiger partial charge in [0.15, 0.2) is 9.84 Å². The van der Waals surface area contributed by atoms with Crippen LogP contribution < -0.4 is 10.5 Å². The molecule has 0 spiro atoms. The highest BCUT2D eigenvalue weighted by Gasteiger charge is 2.12. The number of ether oxygens (including phenoxy) is 1. The number of thiocarbonyl (C=S) groups is 1. The lowest BCUT2D eigenvalue weighted by atomic mass is 10.2. The highest BCUT2D eigenvalue weighted by molar-refractivity contribution is 7.90. The number of hydrogen-bond acceptors (Lipinski definition) is 4. The molecule has 0 bridgehead atoms. The van der Waals surface area contributed by atoms with E-state index in [1.807, 2.05) is 6.92 Å². The van der Waals surface area contributed by atoms with E-state index in [2.05, 4.69) is 0 Å². The molecule has 1 unspecified atom stereocenters. The summed E-state index contributed by atoms with van der Waals surface area (Å²) in [5, 5.41) is 0. The van der Waals surface area contributed by atoms with E-state index in [9.17, 15) is 8.42 Å². The Kier molecular flexibility index (Phi) is 4.47. The summed E-state index contributed by atoms with van der Waals surface area (Å²) in [6.45, 7) is 1.91. The monoisotopic (exact) mass is 273 g/mol. The minimum Gasteiger partial charge on any atom is -0.483 e. The molecule has 0 aliphatic heterocycles. The van der Waals surface area contributed by atoms with Gasteiger partial charge < -0.3 is 10.5 Å². The fraction of sp³-hybridized carbons (Fsp3) is 0.364. The average Bonchev–Trinajstić information content (AvgIpc) is 2.25. The molecule has 0 fully saturated rings. The van der Waals surface area contributed by atoms with Crippen LogP contribution in [-0.2, 0) is 9.84 Å². The van der Waals surface area contributed by atoms with Gasteiger partial charge in [0, 0.05) is 6.26 Å². The van der Waals surface area contributed by atoms with E-state index in [4.69, 9.17) is 22.7 Å². The molecule has 0 aliphatic carbocycles. The summed E-state index contributed by atoms with van der Waals surface area (Å²) in [6.07, 6.45) is 1.50. The SMILES string of the molecule is CCC(Oc1ccc(S(C)(=O)=O)cc1)C(N)=S. The van der Waals surface area contributed by atoms with Gasteiger partial charge in [-0.05, 0) is 30.7 Å². The lowest BCUT2D eigenvalue weighted by Crippen LogP contribution is -2.31. The van der Waals surface area contributed by atoms with Crippen LogP contribution in [0, 0.1) is 0 Å². The first-order valence-corrected chi connectivity index (χ1v) is 7.40. The predicted octanol–water partition coefficient (Wildman–Crippen LogP) is 1.53. The number of sulfone groups is 1. The smallest absolute Gasteiger partial charge is 0.175 e. The molecular formula is C11H15NO3S2. The maximum absolute atomic E-state index is 11.2. The first-order valence-electron chi connectivity index (χ1n) is 5.10. The third-order valence-corrected chi connectivity index (χ3v) is 3.61. The minimum absolute atomic E-state index is 0.258. The van der Waals surface area contributed by atoms with E-state index >= 15 is 0 Å². The molecule has 94 valence electrons. The molecule has 1 rings (SSSR count). The highest BCUT2D eigenvalue weighted by atomic mass is 32.2. The van der Waals surface area contributed by atoms with E-state index in [0.29, 0.717) is 17.2 Å². The molecule has 6 heteroatoms. The second kappa shape index (κ2) is 5.46. The Morgan fingerprint density at radius 2 is 1.94 bits per heavy atom. The van der Waals surface area contributed by atoms with E-state index in [0.717, 1.165) is 6.26 Å². The standard InChI is InChI=1S/C11H15NO3S2/c1-3-10(11(12)16)15-8-4-6-9(7-5-8)17(2,13)14/h4-7,10H,3H2,1-2H3,(H2,12,16). The molecule has 1 atom stereocenters. The van der Waals surface area contributed by atoms with Crippen LogP contribution >= 0.6 is 12.2 Å². The zero-order valence-electron chi connectivity index (χ0n) is 9.71. The summed E-state index contributed by atoms with van der Waals surface area (Å²) in [5.74, 6) is 0.553. The Morgan fingerprint density at radius 3 is 2.29 bits per heavy atom. The summed E-state index contributed by atoms with van der Waals surface area (Å²) in [6, 6.07) is 6.18. The Hall–Kier alpha value is -1.14. The van der Waals surface area contributed by atoms with Crippen LogP contribution in [0.25, 0.3) is 0 Å². The van der Waals surface area contributed by atoms with Gasteiger partial charge in [-0.15, -0.1) is 0 Å². The summed E-state index contributed by atoms with van der Waals surface area (Å²) in [4.78, 5) is 0.549. The summed E-state index contributed by atoms with van der Waals surface area (Å²) in [7, 11) is -3.18. The van der Waals surface area contributed by atoms with Crippen LogP contribution in [0.15, 0.2) is 29.2 Å².